The number of benzene rings is 1. The van der Waals surface area contributed by atoms with Crippen molar-refractivity contribution in [1.29, 1.82) is 0 Å². The van der Waals surface area contributed by atoms with Crippen LogP contribution in [0, 0.1) is 6.92 Å². The van der Waals surface area contributed by atoms with E-state index in [1.54, 1.807) is 0 Å². The molecule has 2 aliphatic rings. The molecule has 2 saturated heterocycles. The third kappa shape index (κ3) is 4.03. The topological polar surface area (TPSA) is 43.9 Å². The zero-order valence-corrected chi connectivity index (χ0v) is 17.2. The summed E-state index contributed by atoms with van der Waals surface area (Å²) in [4.78, 5) is 32.3. The SMILES string of the molecule is Cc1ccc(CN(C)CC(=O)N2CCCC23CCCN(C(C)C)C3=O)cc1. The highest BCUT2D eigenvalue weighted by Gasteiger charge is 2.52. The average Bonchev–Trinajstić information content (AvgIpc) is 3.04. The van der Waals surface area contributed by atoms with Gasteiger partial charge in [0, 0.05) is 25.7 Å². The van der Waals surface area contributed by atoms with E-state index in [-0.39, 0.29) is 17.9 Å². The zero-order chi connectivity index (χ0) is 19.6. The molecule has 2 amide bonds. The van der Waals surface area contributed by atoms with Gasteiger partial charge in [0.05, 0.1) is 6.54 Å². The van der Waals surface area contributed by atoms with Gasteiger partial charge in [0.2, 0.25) is 11.8 Å². The van der Waals surface area contributed by atoms with Crippen LogP contribution in [0.3, 0.4) is 0 Å². The lowest BCUT2D eigenvalue weighted by Gasteiger charge is -2.46. The van der Waals surface area contributed by atoms with Gasteiger partial charge in [0.1, 0.15) is 5.54 Å². The van der Waals surface area contributed by atoms with Crippen LogP contribution in [0.25, 0.3) is 0 Å². The monoisotopic (exact) mass is 371 g/mol. The van der Waals surface area contributed by atoms with Gasteiger partial charge in [-0.05, 0) is 59.1 Å². The van der Waals surface area contributed by atoms with Crippen LogP contribution >= 0.6 is 0 Å². The Morgan fingerprint density at radius 2 is 1.78 bits per heavy atom. The van der Waals surface area contributed by atoms with Crippen LogP contribution in [-0.4, -0.2) is 64.8 Å². The Labute approximate surface area is 163 Å². The molecule has 1 aromatic carbocycles. The first kappa shape index (κ1) is 19.9. The highest BCUT2D eigenvalue weighted by Crippen LogP contribution is 2.39. The number of carbonyl (C=O) groups excluding carboxylic acids is 2. The van der Waals surface area contributed by atoms with Crippen molar-refractivity contribution < 1.29 is 9.59 Å². The van der Waals surface area contributed by atoms with E-state index in [4.69, 9.17) is 0 Å². The molecular formula is C22H33N3O2. The Morgan fingerprint density at radius 1 is 1.15 bits per heavy atom. The molecule has 1 spiro atoms. The molecule has 0 saturated carbocycles. The Kier molecular flexibility index (Phi) is 5.89. The lowest BCUT2D eigenvalue weighted by molar-refractivity contribution is -0.157. The fraction of sp³-hybridized carbons (Fsp3) is 0.636. The summed E-state index contributed by atoms with van der Waals surface area (Å²) in [5.41, 5.74) is 1.85. The van der Waals surface area contributed by atoms with Crippen molar-refractivity contribution in [3.8, 4) is 0 Å². The standard InChI is InChI=1S/C22H33N3O2/c1-17(2)24-13-5-11-22(21(24)27)12-6-14-25(22)20(26)16-23(4)15-19-9-7-18(3)8-10-19/h7-10,17H,5-6,11-16H2,1-4H3. The van der Waals surface area contributed by atoms with Crippen molar-refractivity contribution in [2.45, 2.75) is 64.6 Å². The summed E-state index contributed by atoms with van der Waals surface area (Å²) >= 11 is 0. The van der Waals surface area contributed by atoms with Gasteiger partial charge >= 0.3 is 0 Å². The Morgan fingerprint density at radius 3 is 2.41 bits per heavy atom. The first-order valence-electron chi connectivity index (χ1n) is 10.2. The predicted molar refractivity (Wildman–Crippen MR) is 107 cm³/mol. The van der Waals surface area contributed by atoms with Gasteiger partial charge in [-0.1, -0.05) is 29.8 Å². The van der Waals surface area contributed by atoms with E-state index in [1.165, 1.54) is 11.1 Å². The number of hydrogen-bond acceptors (Lipinski definition) is 3. The molecule has 0 aliphatic carbocycles. The van der Waals surface area contributed by atoms with Crippen molar-refractivity contribution in [3.05, 3.63) is 35.4 Å². The third-order valence-corrected chi connectivity index (χ3v) is 6.04. The van der Waals surface area contributed by atoms with E-state index in [0.717, 1.165) is 38.8 Å². The maximum Gasteiger partial charge on any atom is 0.248 e. The summed E-state index contributed by atoms with van der Waals surface area (Å²) in [5, 5.41) is 0. The number of piperidine rings is 1. The number of hydrogen-bond donors (Lipinski definition) is 0. The first-order chi connectivity index (χ1) is 12.8. The lowest BCUT2D eigenvalue weighted by atomic mass is 9.84. The normalized spacial score (nSPS) is 23.1. The molecular weight excluding hydrogens is 338 g/mol. The van der Waals surface area contributed by atoms with Gasteiger partial charge in [-0.3, -0.25) is 14.5 Å². The molecule has 1 unspecified atom stereocenters. The molecule has 148 valence electrons. The van der Waals surface area contributed by atoms with E-state index in [0.29, 0.717) is 13.1 Å². The van der Waals surface area contributed by atoms with Gasteiger partial charge in [-0.15, -0.1) is 0 Å². The zero-order valence-electron chi connectivity index (χ0n) is 17.2. The smallest absolute Gasteiger partial charge is 0.248 e. The van der Waals surface area contributed by atoms with Crippen molar-refractivity contribution in [3.63, 3.8) is 0 Å². The highest BCUT2D eigenvalue weighted by atomic mass is 16.2. The molecule has 0 bridgehead atoms. The van der Waals surface area contributed by atoms with Crippen molar-refractivity contribution in [1.82, 2.24) is 14.7 Å². The summed E-state index contributed by atoms with van der Waals surface area (Å²) in [7, 11) is 1.98. The molecule has 0 N–H and O–H groups in total. The molecule has 2 aliphatic heterocycles. The van der Waals surface area contributed by atoms with Crippen molar-refractivity contribution in [2.24, 2.45) is 0 Å². The van der Waals surface area contributed by atoms with Gasteiger partial charge in [-0.25, -0.2) is 0 Å². The fourth-order valence-electron chi connectivity index (χ4n) is 4.61. The molecule has 2 fully saturated rings. The largest absolute Gasteiger partial charge is 0.338 e. The third-order valence-electron chi connectivity index (χ3n) is 6.04. The number of amides is 2. The second kappa shape index (κ2) is 8.01. The minimum Gasteiger partial charge on any atom is -0.338 e. The van der Waals surface area contributed by atoms with Gasteiger partial charge in [0.25, 0.3) is 0 Å². The first-order valence-corrected chi connectivity index (χ1v) is 10.2. The van der Waals surface area contributed by atoms with Crippen LogP contribution < -0.4 is 0 Å². The molecule has 1 aromatic rings. The molecule has 0 aromatic heterocycles. The van der Waals surface area contributed by atoms with Gasteiger partial charge in [-0.2, -0.15) is 0 Å². The van der Waals surface area contributed by atoms with Gasteiger partial charge < -0.3 is 9.80 Å². The average molecular weight is 372 g/mol. The van der Waals surface area contributed by atoms with Crippen LogP contribution in [0.1, 0.15) is 50.7 Å². The van der Waals surface area contributed by atoms with Crippen molar-refractivity contribution in [2.75, 3.05) is 26.7 Å². The molecule has 27 heavy (non-hydrogen) atoms. The number of carbonyl (C=O) groups is 2. The molecule has 2 heterocycles. The number of likely N-dealkylation sites (N-methyl/N-ethyl adjacent to an activating group) is 1. The Hall–Kier alpha value is -1.88. The van der Waals surface area contributed by atoms with E-state index in [1.807, 2.05) is 21.7 Å². The molecule has 5 heteroatoms. The minimum absolute atomic E-state index is 0.0843. The minimum atomic E-state index is -0.593. The van der Waals surface area contributed by atoms with E-state index >= 15 is 0 Å². The fourth-order valence-corrected chi connectivity index (χ4v) is 4.61. The second-order valence-electron chi connectivity index (χ2n) is 8.53. The summed E-state index contributed by atoms with van der Waals surface area (Å²) in [6.07, 6.45) is 3.52. The Bertz CT molecular complexity index is 685. The lowest BCUT2D eigenvalue weighted by Crippen LogP contribution is -2.63. The summed E-state index contributed by atoms with van der Waals surface area (Å²) in [6.45, 7) is 8.80. The van der Waals surface area contributed by atoms with E-state index in [2.05, 4.69) is 45.0 Å². The Balaban J connectivity index is 1.68. The summed E-state index contributed by atoms with van der Waals surface area (Å²) in [5.74, 6) is 0.247. The molecule has 0 radical (unpaired) electrons. The number of rotatable bonds is 5. The maximum absolute atomic E-state index is 13.2. The number of likely N-dealkylation sites (tertiary alicyclic amines) is 2. The van der Waals surface area contributed by atoms with Crippen LogP contribution in [0.15, 0.2) is 24.3 Å². The quantitative estimate of drug-likeness (QED) is 0.799. The van der Waals surface area contributed by atoms with E-state index < -0.39 is 5.54 Å². The second-order valence-corrected chi connectivity index (χ2v) is 8.53. The van der Waals surface area contributed by atoms with Gasteiger partial charge in [0.15, 0.2) is 0 Å². The van der Waals surface area contributed by atoms with Crippen LogP contribution in [0.4, 0.5) is 0 Å². The molecule has 1 atom stereocenters. The van der Waals surface area contributed by atoms with Crippen LogP contribution in [0.2, 0.25) is 0 Å². The maximum atomic E-state index is 13.2. The number of nitrogens with zero attached hydrogens (tertiary/aromatic N) is 3. The van der Waals surface area contributed by atoms with Crippen molar-refractivity contribution >= 4 is 11.8 Å². The van der Waals surface area contributed by atoms with Crippen LogP contribution in [-0.2, 0) is 16.1 Å². The van der Waals surface area contributed by atoms with Crippen LogP contribution in [0.5, 0.6) is 0 Å². The highest BCUT2D eigenvalue weighted by molar-refractivity contribution is 5.93. The molecule has 5 nitrogen and oxygen atoms in total. The summed E-state index contributed by atoms with van der Waals surface area (Å²) in [6, 6.07) is 8.61. The molecule has 3 rings (SSSR count). The predicted octanol–water partition coefficient (Wildman–Crippen LogP) is 2.82. The van der Waals surface area contributed by atoms with E-state index in [9.17, 15) is 9.59 Å². The summed E-state index contributed by atoms with van der Waals surface area (Å²) < 4.78 is 0. The number of aryl methyl sites for hydroxylation is 1.